The van der Waals surface area contributed by atoms with Crippen molar-refractivity contribution in [1.29, 1.82) is 0 Å². The van der Waals surface area contributed by atoms with E-state index in [1.807, 2.05) is 0 Å². The Hall–Kier alpha value is -0.0800. The summed E-state index contributed by atoms with van der Waals surface area (Å²) in [5.41, 5.74) is 0. The molecule has 2 unspecified atom stereocenters. The molecule has 0 aromatic carbocycles. The van der Waals surface area contributed by atoms with Gasteiger partial charge in [0.1, 0.15) is 0 Å². The smallest absolute Gasteiger partial charge is 0.0220 e. The van der Waals surface area contributed by atoms with Gasteiger partial charge in [0.15, 0.2) is 0 Å². The van der Waals surface area contributed by atoms with Crippen molar-refractivity contribution in [3.8, 4) is 0 Å². The first-order chi connectivity index (χ1) is 5.38. The zero-order chi connectivity index (χ0) is 8.10. The molecule has 1 heterocycles. The van der Waals surface area contributed by atoms with Gasteiger partial charge in [0.2, 0.25) is 0 Å². The van der Waals surface area contributed by atoms with E-state index in [9.17, 15) is 0 Å². The van der Waals surface area contributed by atoms with Crippen LogP contribution in [0.1, 0.15) is 32.6 Å². The van der Waals surface area contributed by atoms with Crippen molar-refractivity contribution in [2.24, 2.45) is 0 Å². The van der Waals surface area contributed by atoms with Crippen molar-refractivity contribution in [3.63, 3.8) is 0 Å². The predicted molar refractivity (Wildman–Crippen MR) is 48.8 cm³/mol. The fraction of sp³-hybridized carbons (Fsp3) is 1.00. The number of hydrogen-bond acceptors (Lipinski definition) is 2. The summed E-state index contributed by atoms with van der Waals surface area (Å²) in [5.74, 6) is 0. The van der Waals surface area contributed by atoms with Crippen molar-refractivity contribution in [2.45, 2.75) is 44.7 Å². The Balaban J connectivity index is 2.30. The maximum Gasteiger partial charge on any atom is 0.0220 e. The summed E-state index contributed by atoms with van der Waals surface area (Å²) in [6.07, 6.45) is 5.33. The molecule has 2 heteroatoms. The number of piperidine rings is 1. The molecule has 0 aliphatic carbocycles. The van der Waals surface area contributed by atoms with Gasteiger partial charge in [-0.05, 0) is 32.9 Å². The van der Waals surface area contributed by atoms with E-state index in [1.54, 1.807) is 0 Å². The van der Waals surface area contributed by atoms with Gasteiger partial charge in [-0.3, -0.25) is 0 Å². The van der Waals surface area contributed by atoms with E-state index >= 15 is 0 Å². The lowest BCUT2D eigenvalue weighted by Gasteiger charge is -2.30. The van der Waals surface area contributed by atoms with Gasteiger partial charge in [0.25, 0.3) is 0 Å². The molecule has 0 aromatic heterocycles. The Kier molecular flexibility index (Phi) is 3.87. The highest BCUT2D eigenvalue weighted by molar-refractivity contribution is 4.82. The summed E-state index contributed by atoms with van der Waals surface area (Å²) < 4.78 is 0. The number of hydrogen-bond donors (Lipinski definition) is 2. The molecule has 1 saturated heterocycles. The molecule has 0 saturated carbocycles. The molecule has 0 radical (unpaired) electrons. The van der Waals surface area contributed by atoms with Crippen molar-refractivity contribution in [3.05, 3.63) is 0 Å². The molecule has 1 rings (SSSR count). The molecule has 2 nitrogen and oxygen atoms in total. The van der Waals surface area contributed by atoms with Gasteiger partial charge >= 0.3 is 0 Å². The second-order valence-electron chi connectivity index (χ2n) is 3.36. The lowest BCUT2D eigenvalue weighted by atomic mass is 9.96. The van der Waals surface area contributed by atoms with Crippen LogP contribution in [0.4, 0.5) is 0 Å². The maximum absolute atomic E-state index is 3.56. The molecule has 11 heavy (non-hydrogen) atoms. The SMILES string of the molecule is CCC(NC)C1CCCCN1. The lowest BCUT2D eigenvalue weighted by molar-refractivity contribution is 0.316. The average Bonchev–Trinajstić information content (AvgIpc) is 2.09. The number of nitrogens with one attached hydrogen (secondary N) is 2. The maximum atomic E-state index is 3.56. The normalized spacial score (nSPS) is 28.4. The summed E-state index contributed by atoms with van der Waals surface area (Å²) in [5, 5.41) is 6.92. The first-order valence-corrected chi connectivity index (χ1v) is 4.79. The van der Waals surface area contributed by atoms with Gasteiger partial charge in [-0.1, -0.05) is 13.3 Å². The van der Waals surface area contributed by atoms with Crippen molar-refractivity contribution in [1.82, 2.24) is 10.6 Å². The van der Waals surface area contributed by atoms with E-state index in [0.717, 1.165) is 6.04 Å². The van der Waals surface area contributed by atoms with E-state index in [2.05, 4.69) is 24.6 Å². The van der Waals surface area contributed by atoms with Gasteiger partial charge in [-0.15, -0.1) is 0 Å². The van der Waals surface area contributed by atoms with Gasteiger partial charge in [-0.25, -0.2) is 0 Å². The second kappa shape index (κ2) is 4.73. The minimum absolute atomic E-state index is 0.676. The third-order valence-corrected chi connectivity index (χ3v) is 2.64. The Bertz CT molecular complexity index is 93.7. The van der Waals surface area contributed by atoms with Crippen LogP contribution in [0.2, 0.25) is 0 Å². The first kappa shape index (κ1) is 9.01. The zero-order valence-electron chi connectivity index (χ0n) is 7.69. The Morgan fingerprint density at radius 1 is 1.55 bits per heavy atom. The van der Waals surface area contributed by atoms with Crippen LogP contribution >= 0.6 is 0 Å². The molecule has 0 bridgehead atoms. The highest BCUT2D eigenvalue weighted by atomic mass is 15.0. The van der Waals surface area contributed by atoms with Crippen LogP contribution in [0.25, 0.3) is 0 Å². The van der Waals surface area contributed by atoms with Crippen LogP contribution < -0.4 is 10.6 Å². The molecule has 1 aliphatic rings. The largest absolute Gasteiger partial charge is 0.315 e. The van der Waals surface area contributed by atoms with Crippen molar-refractivity contribution < 1.29 is 0 Å². The second-order valence-corrected chi connectivity index (χ2v) is 3.36. The van der Waals surface area contributed by atoms with Gasteiger partial charge < -0.3 is 10.6 Å². The van der Waals surface area contributed by atoms with Crippen molar-refractivity contribution in [2.75, 3.05) is 13.6 Å². The Morgan fingerprint density at radius 2 is 2.36 bits per heavy atom. The third kappa shape index (κ3) is 2.46. The monoisotopic (exact) mass is 156 g/mol. The minimum Gasteiger partial charge on any atom is -0.315 e. The highest BCUT2D eigenvalue weighted by Gasteiger charge is 2.19. The zero-order valence-corrected chi connectivity index (χ0v) is 7.69. The van der Waals surface area contributed by atoms with Crippen LogP contribution in [0.15, 0.2) is 0 Å². The standard InChI is InChI=1S/C9H20N2/c1-3-8(10-2)9-6-4-5-7-11-9/h8-11H,3-7H2,1-2H3. The minimum atomic E-state index is 0.676. The Labute approximate surface area is 69.8 Å². The number of rotatable bonds is 3. The molecule has 2 atom stereocenters. The van der Waals surface area contributed by atoms with Crippen LogP contribution in [-0.2, 0) is 0 Å². The molecule has 0 amide bonds. The van der Waals surface area contributed by atoms with E-state index in [-0.39, 0.29) is 0 Å². The fourth-order valence-electron chi connectivity index (χ4n) is 1.91. The quantitative estimate of drug-likeness (QED) is 0.640. The number of likely N-dealkylation sites (N-methyl/N-ethyl adjacent to an activating group) is 1. The first-order valence-electron chi connectivity index (χ1n) is 4.79. The fourth-order valence-corrected chi connectivity index (χ4v) is 1.91. The Morgan fingerprint density at radius 3 is 2.82 bits per heavy atom. The summed E-state index contributed by atoms with van der Waals surface area (Å²) in [6.45, 7) is 3.46. The van der Waals surface area contributed by atoms with E-state index in [1.165, 1.54) is 32.2 Å². The van der Waals surface area contributed by atoms with Gasteiger partial charge in [-0.2, -0.15) is 0 Å². The molecule has 66 valence electrons. The van der Waals surface area contributed by atoms with Crippen LogP contribution in [0.3, 0.4) is 0 Å². The molecular weight excluding hydrogens is 136 g/mol. The van der Waals surface area contributed by atoms with E-state index in [4.69, 9.17) is 0 Å². The molecule has 1 aliphatic heterocycles. The van der Waals surface area contributed by atoms with E-state index < -0.39 is 0 Å². The summed E-state index contributed by atoms with van der Waals surface area (Å²) in [6, 6.07) is 1.40. The summed E-state index contributed by atoms with van der Waals surface area (Å²) in [7, 11) is 2.06. The molecular formula is C9H20N2. The summed E-state index contributed by atoms with van der Waals surface area (Å²) in [4.78, 5) is 0. The van der Waals surface area contributed by atoms with Gasteiger partial charge in [0.05, 0.1) is 0 Å². The predicted octanol–water partition coefficient (Wildman–Crippen LogP) is 1.13. The summed E-state index contributed by atoms with van der Waals surface area (Å²) >= 11 is 0. The molecule has 0 spiro atoms. The third-order valence-electron chi connectivity index (χ3n) is 2.64. The topological polar surface area (TPSA) is 24.1 Å². The van der Waals surface area contributed by atoms with Crippen LogP contribution in [0, 0.1) is 0 Å². The average molecular weight is 156 g/mol. The molecule has 1 fully saturated rings. The van der Waals surface area contributed by atoms with E-state index in [0.29, 0.717) is 6.04 Å². The lowest BCUT2D eigenvalue weighted by Crippen LogP contribution is -2.48. The van der Waals surface area contributed by atoms with Gasteiger partial charge in [0, 0.05) is 12.1 Å². The van der Waals surface area contributed by atoms with Crippen LogP contribution in [0.5, 0.6) is 0 Å². The highest BCUT2D eigenvalue weighted by Crippen LogP contribution is 2.11. The van der Waals surface area contributed by atoms with Crippen LogP contribution in [-0.4, -0.2) is 25.7 Å². The molecule has 2 N–H and O–H groups in total. The van der Waals surface area contributed by atoms with Crippen molar-refractivity contribution >= 4 is 0 Å². The molecule has 0 aromatic rings.